The van der Waals surface area contributed by atoms with Gasteiger partial charge in [-0.05, 0) is 55.9 Å². The van der Waals surface area contributed by atoms with E-state index in [0.29, 0.717) is 16.2 Å². The minimum absolute atomic E-state index is 0.278. The Labute approximate surface area is 172 Å². The van der Waals surface area contributed by atoms with E-state index in [1.807, 2.05) is 6.07 Å². The first-order valence-corrected chi connectivity index (χ1v) is 12.6. The third-order valence-corrected chi connectivity index (χ3v) is 7.49. The van der Waals surface area contributed by atoms with Gasteiger partial charge in [0, 0.05) is 16.3 Å². The van der Waals surface area contributed by atoms with E-state index in [0.717, 1.165) is 36.8 Å². The molecule has 3 rings (SSSR count). The first kappa shape index (κ1) is 21.0. The van der Waals surface area contributed by atoms with Crippen molar-refractivity contribution in [3.05, 3.63) is 43.3 Å². The van der Waals surface area contributed by atoms with E-state index < -0.39 is 15.9 Å². The molecule has 10 heteroatoms. The van der Waals surface area contributed by atoms with Crippen LogP contribution in [-0.4, -0.2) is 33.0 Å². The quantitative estimate of drug-likeness (QED) is 0.472. The molecule has 0 aromatic carbocycles. The Kier molecular flexibility index (Phi) is 6.86. The van der Waals surface area contributed by atoms with Crippen molar-refractivity contribution in [3.63, 3.8) is 0 Å². The summed E-state index contributed by atoms with van der Waals surface area (Å²) < 4.78 is 24.6. The molecule has 0 atom stereocenters. The van der Waals surface area contributed by atoms with Gasteiger partial charge in [0.25, 0.3) is 11.8 Å². The van der Waals surface area contributed by atoms with Crippen LogP contribution in [0.2, 0.25) is 0 Å². The number of aryl methyl sites for hydroxylation is 2. The molecular weight excluding hydrogens is 418 g/mol. The fourth-order valence-electron chi connectivity index (χ4n) is 3.01. The van der Waals surface area contributed by atoms with Crippen molar-refractivity contribution in [2.24, 2.45) is 0 Å². The maximum absolute atomic E-state index is 12.3. The first-order valence-electron chi connectivity index (χ1n) is 9.07. The van der Waals surface area contributed by atoms with Crippen LogP contribution in [0, 0.1) is 0 Å². The van der Waals surface area contributed by atoms with Gasteiger partial charge in [-0.25, -0.2) is 13.1 Å². The number of hydrogen-bond acceptors (Lipinski definition) is 6. The van der Waals surface area contributed by atoms with Crippen LogP contribution in [0.15, 0.2) is 18.2 Å². The molecule has 0 fully saturated rings. The van der Waals surface area contributed by atoms with E-state index in [4.69, 9.17) is 0 Å². The van der Waals surface area contributed by atoms with Gasteiger partial charge >= 0.3 is 0 Å². The lowest BCUT2D eigenvalue weighted by molar-refractivity contribution is 0.0851. The van der Waals surface area contributed by atoms with Crippen LogP contribution in [0.25, 0.3) is 0 Å². The molecule has 0 saturated carbocycles. The molecule has 2 heterocycles. The van der Waals surface area contributed by atoms with Gasteiger partial charge in [-0.15, -0.1) is 22.7 Å². The van der Waals surface area contributed by atoms with Gasteiger partial charge in [-0.1, -0.05) is 6.42 Å². The summed E-state index contributed by atoms with van der Waals surface area (Å²) in [5.41, 5.74) is 6.19. The minimum Gasteiger partial charge on any atom is -0.266 e. The molecule has 1 aliphatic rings. The standard InChI is InChI=1S/C18H23N3O4S3/c1-28(24,25)19-10-9-13-7-8-15(26-13)17(22)20-21-18(23)16-11-12-5-3-2-4-6-14(12)27-16/h7-8,11,19H,2-6,9-10H2,1H3,(H,20,22)(H,21,23). The van der Waals surface area contributed by atoms with Gasteiger partial charge in [-0.2, -0.15) is 0 Å². The fraction of sp³-hybridized carbons (Fsp3) is 0.444. The Morgan fingerprint density at radius 2 is 1.71 bits per heavy atom. The molecule has 2 aromatic rings. The van der Waals surface area contributed by atoms with Crippen molar-refractivity contribution in [1.82, 2.24) is 15.6 Å². The van der Waals surface area contributed by atoms with Gasteiger partial charge < -0.3 is 0 Å². The molecule has 3 N–H and O–H groups in total. The lowest BCUT2D eigenvalue weighted by Gasteiger charge is -2.04. The van der Waals surface area contributed by atoms with E-state index in [9.17, 15) is 18.0 Å². The van der Waals surface area contributed by atoms with Crippen LogP contribution in [-0.2, 0) is 29.3 Å². The van der Waals surface area contributed by atoms with Crippen LogP contribution in [0.3, 0.4) is 0 Å². The van der Waals surface area contributed by atoms with Crippen LogP contribution in [0.1, 0.15) is 53.9 Å². The molecule has 0 radical (unpaired) electrons. The van der Waals surface area contributed by atoms with Crippen LogP contribution >= 0.6 is 22.7 Å². The van der Waals surface area contributed by atoms with E-state index in [1.54, 1.807) is 12.1 Å². The van der Waals surface area contributed by atoms with Gasteiger partial charge in [-0.3, -0.25) is 20.4 Å². The Morgan fingerprint density at radius 3 is 2.46 bits per heavy atom. The predicted octanol–water partition coefficient (Wildman–Crippen LogP) is 2.24. The lowest BCUT2D eigenvalue weighted by atomic mass is 10.1. The zero-order chi connectivity index (χ0) is 20.1. The van der Waals surface area contributed by atoms with Crippen molar-refractivity contribution >= 4 is 44.5 Å². The molecule has 152 valence electrons. The zero-order valence-electron chi connectivity index (χ0n) is 15.5. The zero-order valence-corrected chi connectivity index (χ0v) is 18.0. The Hall–Kier alpha value is -1.75. The normalized spacial score (nSPS) is 14.2. The topological polar surface area (TPSA) is 104 Å². The highest BCUT2D eigenvalue weighted by Gasteiger charge is 2.17. The van der Waals surface area contributed by atoms with Crippen LogP contribution in [0.5, 0.6) is 0 Å². The number of hydrogen-bond donors (Lipinski definition) is 3. The number of sulfonamides is 1. The Morgan fingerprint density at radius 1 is 1.00 bits per heavy atom. The molecule has 0 spiro atoms. The second kappa shape index (κ2) is 9.17. The summed E-state index contributed by atoms with van der Waals surface area (Å²) >= 11 is 2.77. The summed E-state index contributed by atoms with van der Waals surface area (Å²) in [5.74, 6) is -0.695. The number of thiophene rings is 2. The number of hydrazine groups is 1. The summed E-state index contributed by atoms with van der Waals surface area (Å²) in [5, 5.41) is 0. The Bertz CT molecular complexity index is 939. The number of fused-ring (bicyclic) bond motifs is 1. The van der Waals surface area contributed by atoms with Crippen LogP contribution in [0.4, 0.5) is 0 Å². The number of carbonyl (C=O) groups excluding carboxylic acids is 2. The monoisotopic (exact) mass is 441 g/mol. The second-order valence-electron chi connectivity index (χ2n) is 6.71. The molecule has 0 bridgehead atoms. The van der Waals surface area contributed by atoms with Gasteiger partial charge in [0.05, 0.1) is 16.0 Å². The van der Waals surface area contributed by atoms with E-state index in [1.165, 1.54) is 39.5 Å². The van der Waals surface area contributed by atoms with Crippen molar-refractivity contribution in [3.8, 4) is 0 Å². The summed E-state index contributed by atoms with van der Waals surface area (Å²) in [6, 6.07) is 5.38. The van der Waals surface area contributed by atoms with Crippen molar-refractivity contribution in [2.75, 3.05) is 12.8 Å². The summed E-state index contributed by atoms with van der Waals surface area (Å²) in [6.45, 7) is 0.278. The van der Waals surface area contributed by atoms with E-state index in [-0.39, 0.29) is 12.5 Å². The summed E-state index contributed by atoms with van der Waals surface area (Å²) in [6.07, 6.45) is 7.18. The van der Waals surface area contributed by atoms with Crippen molar-refractivity contribution in [2.45, 2.75) is 38.5 Å². The highest BCUT2D eigenvalue weighted by atomic mass is 32.2. The Balaban J connectivity index is 1.51. The molecule has 2 aromatic heterocycles. The second-order valence-corrected chi connectivity index (χ2v) is 10.8. The maximum Gasteiger partial charge on any atom is 0.279 e. The average Bonchev–Trinajstić information content (AvgIpc) is 3.21. The first-order chi connectivity index (χ1) is 13.3. The molecule has 0 unspecified atom stereocenters. The smallest absolute Gasteiger partial charge is 0.266 e. The molecule has 7 nitrogen and oxygen atoms in total. The molecule has 0 saturated heterocycles. The third-order valence-electron chi connectivity index (χ3n) is 4.38. The number of amides is 2. The fourth-order valence-corrected chi connectivity index (χ4v) is 5.53. The van der Waals surface area contributed by atoms with Gasteiger partial charge in [0.1, 0.15) is 0 Å². The number of carbonyl (C=O) groups is 2. The molecular formula is C18H23N3O4S3. The minimum atomic E-state index is -3.22. The van der Waals surface area contributed by atoms with E-state index in [2.05, 4.69) is 15.6 Å². The van der Waals surface area contributed by atoms with Gasteiger partial charge in [0.2, 0.25) is 10.0 Å². The lowest BCUT2D eigenvalue weighted by Crippen LogP contribution is -2.41. The highest BCUT2D eigenvalue weighted by molar-refractivity contribution is 7.88. The predicted molar refractivity (Wildman–Crippen MR) is 111 cm³/mol. The third kappa shape index (κ3) is 5.87. The molecule has 1 aliphatic carbocycles. The van der Waals surface area contributed by atoms with E-state index >= 15 is 0 Å². The summed E-state index contributed by atoms with van der Waals surface area (Å²) in [7, 11) is -3.22. The summed E-state index contributed by atoms with van der Waals surface area (Å²) in [4.78, 5) is 27.8. The molecule has 28 heavy (non-hydrogen) atoms. The average molecular weight is 442 g/mol. The maximum atomic E-state index is 12.3. The number of rotatable bonds is 6. The van der Waals surface area contributed by atoms with Crippen molar-refractivity contribution in [1.29, 1.82) is 0 Å². The molecule has 0 aliphatic heterocycles. The van der Waals surface area contributed by atoms with Crippen molar-refractivity contribution < 1.29 is 18.0 Å². The SMILES string of the molecule is CS(=O)(=O)NCCc1ccc(C(=O)NNC(=O)c2cc3c(s2)CCCCC3)s1. The number of nitrogens with one attached hydrogen (secondary N) is 3. The highest BCUT2D eigenvalue weighted by Crippen LogP contribution is 2.28. The largest absolute Gasteiger partial charge is 0.279 e. The molecule has 2 amide bonds. The van der Waals surface area contributed by atoms with Crippen LogP contribution < -0.4 is 15.6 Å². The van der Waals surface area contributed by atoms with Gasteiger partial charge in [0.15, 0.2) is 0 Å².